The number of nitrogens with one attached hydrogen (secondary N) is 1. The zero-order valence-electron chi connectivity index (χ0n) is 10.6. The summed E-state index contributed by atoms with van der Waals surface area (Å²) < 4.78 is 0. The molecule has 2 fully saturated rings. The van der Waals surface area contributed by atoms with E-state index in [9.17, 15) is 0 Å². The predicted octanol–water partition coefficient (Wildman–Crippen LogP) is 4.37. The Kier molecular flexibility index (Phi) is 3.54. The molecule has 2 aliphatic heterocycles. The van der Waals surface area contributed by atoms with Gasteiger partial charge in [0.15, 0.2) is 0 Å². The van der Waals surface area contributed by atoms with Crippen LogP contribution in [-0.2, 0) is 0 Å². The fourth-order valence-electron chi connectivity index (χ4n) is 3.39. The molecule has 2 aromatic heterocycles. The Morgan fingerprint density at radius 1 is 0.947 bits per heavy atom. The summed E-state index contributed by atoms with van der Waals surface area (Å²) in [7, 11) is 0. The minimum atomic E-state index is 0.602. The molecule has 4 heteroatoms. The first-order valence-electron chi connectivity index (χ1n) is 6.82. The molecule has 0 spiro atoms. The van der Waals surface area contributed by atoms with Crippen molar-refractivity contribution in [2.24, 2.45) is 11.8 Å². The van der Waals surface area contributed by atoms with Crippen LogP contribution < -0.4 is 5.32 Å². The van der Waals surface area contributed by atoms with Crippen molar-refractivity contribution in [3.8, 4) is 0 Å². The van der Waals surface area contributed by atoms with Crippen molar-refractivity contribution >= 4 is 37.6 Å². The molecule has 0 radical (unpaired) electrons. The number of hydrogen-bond acceptors (Lipinski definition) is 3. The van der Waals surface area contributed by atoms with Crippen molar-refractivity contribution < 1.29 is 0 Å². The standard InChI is InChI=1S/C15H17NS2Se/c1-3-12(17-5-1)14-10-7-11(9-19-8-10)15(16-14)13-4-2-6-18-13/h1-6,10-11,14-16H,7-9H2. The van der Waals surface area contributed by atoms with Crippen LogP contribution in [0.5, 0.6) is 0 Å². The number of piperidine rings is 1. The molecule has 4 unspecified atom stereocenters. The molecule has 1 nitrogen and oxygen atoms in total. The van der Waals surface area contributed by atoms with Gasteiger partial charge in [-0.25, -0.2) is 0 Å². The Labute approximate surface area is 128 Å². The fraction of sp³-hybridized carbons (Fsp3) is 0.467. The van der Waals surface area contributed by atoms with Crippen molar-refractivity contribution in [3.05, 3.63) is 44.8 Å². The summed E-state index contributed by atoms with van der Waals surface area (Å²) in [5, 5.41) is 11.4. The molecule has 0 aliphatic carbocycles. The van der Waals surface area contributed by atoms with Crippen LogP contribution in [0.25, 0.3) is 0 Å². The van der Waals surface area contributed by atoms with E-state index in [-0.39, 0.29) is 0 Å². The van der Waals surface area contributed by atoms with E-state index in [4.69, 9.17) is 0 Å². The summed E-state index contributed by atoms with van der Waals surface area (Å²) in [6, 6.07) is 10.2. The molecule has 4 rings (SSSR count). The second-order valence-corrected chi connectivity index (χ2v) is 9.66. The van der Waals surface area contributed by atoms with Crippen LogP contribution in [0.4, 0.5) is 0 Å². The first kappa shape index (κ1) is 12.6. The number of hydrogen-bond donors (Lipinski definition) is 1. The second-order valence-electron chi connectivity index (χ2n) is 5.45. The van der Waals surface area contributed by atoms with Crippen LogP contribution in [-0.4, -0.2) is 15.0 Å². The zero-order valence-corrected chi connectivity index (χ0v) is 14.0. The first-order valence-corrected chi connectivity index (χ1v) is 11.0. The Morgan fingerprint density at radius 3 is 2.00 bits per heavy atom. The molecule has 4 heterocycles. The van der Waals surface area contributed by atoms with Crippen molar-refractivity contribution in [1.82, 2.24) is 5.32 Å². The van der Waals surface area contributed by atoms with Crippen LogP contribution in [0.15, 0.2) is 35.0 Å². The van der Waals surface area contributed by atoms with Gasteiger partial charge in [-0.2, -0.15) is 0 Å². The summed E-state index contributed by atoms with van der Waals surface area (Å²) in [5.41, 5.74) is 0. The second kappa shape index (κ2) is 5.34. The molecule has 0 saturated carbocycles. The Morgan fingerprint density at radius 2 is 1.53 bits per heavy atom. The van der Waals surface area contributed by atoms with Crippen molar-refractivity contribution in [2.45, 2.75) is 29.1 Å². The minimum absolute atomic E-state index is 0.602. The molecule has 0 aromatic carbocycles. The molecule has 0 amide bonds. The normalized spacial score (nSPS) is 34.3. The molecule has 100 valence electrons. The molecular weight excluding hydrogens is 337 g/mol. The summed E-state index contributed by atoms with van der Waals surface area (Å²) in [5.74, 6) is 1.77. The molecule has 1 N–H and O–H groups in total. The first-order chi connectivity index (χ1) is 9.42. The van der Waals surface area contributed by atoms with Crippen molar-refractivity contribution in [2.75, 3.05) is 0 Å². The van der Waals surface area contributed by atoms with Crippen molar-refractivity contribution in [1.29, 1.82) is 0 Å². The molecule has 2 aromatic rings. The van der Waals surface area contributed by atoms with Gasteiger partial charge in [-0.05, 0) is 0 Å². The van der Waals surface area contributed by atoms with E-state index in [0.29, 0.717) is 12.1 Å². The molecule has 2 bridgehead atoms. The summed E-state index contributed by atoms with van der Waals surface area (Å²) >= 11 is 4.70. The van der Waals surface area contributed by atoms with E-state index >= 15 is 0 Å². The maximum absolute atomic E-state index is 3.99. The molecule has 2 aliphatic rings. The van der Waals surface area contributed by atoms with Gasteiger partial charge in [-0.1, -0.05) is 0 Å². The van der Waals surface area contributed by atoms with Gasteiger partial charge >= 0.3 is 129 Å². The number of thiophene rings is 2. The third kappa shape index (κ3) is 2.34. The maximum atomic E-state index is 3.99. The Bertz CT molecular complexity index is 476. The van der Waals surface area contributed by atoms with Gasteiger partial charge in [-0.15, -0.1) is 0 Å². The van der Waals surface area contributed by atoms with Gasteiger partial charge in [0, 0.05) is 0 Å². The van der Waals surface area contributed by atoms with Gasteiger partial charge in [0.2, 0.25) is 0 Å². The van der Waals surface area contributed by atoms with Crippen LogP contribution in [0.2, 0.25) is 10.6 Å². The monoisotopic (exact) mass is 355 g/mol. The third-order valence-electron chi connectivity index (χ3n) is 4.27. The van der Waals surface area contributed by atoms with E-state index < -0.39 is 0 Å². The van der Waals surface area contributed by atoms with Gasteiger partial charge in [0.05, 0.1) is 0 Å². The fourth-order valence-corrected chi connectivity index (χ4v) is 8.08. The van der Waals surface area contributed by atoms with Gasteiger partial charge in [0.1, 0.15) is 0 Å². The molecule has 4 atom stereocenters. The van der Waals surface area contributed by atoms with Crippen molar-refractivity contribution in [3.63, 3.8) is 0 Å². The third-order valence-corrected chi connectivity index (χ3v) is 8.97. The number of fused-ring (bicyclic) bond motifs is 2. The van der Waals surface area contributed by atoms with E-state index in [1.165, 1.54) is 17.1 Å². The SMILES string of the molecule is c1csc(C2NC(c3cccs3)C3C[Se]CC2C3)c1. The van der Waals surface area contributed by atoms with Crippen LogP contribution in [0, 0.1) is 11.8 Å². The average Bonchev–Trinajstić information content (AvgIpc) is 3.12. The van der Waals surface area contributed by atoms with E-state index in [1.807, 2.05) is 22.7 Å². The Balaban J connectivity index is 1.66. The Hall–Kier alpha value is -0.121. The van der Waals surface area contributed by atoms with E-state index in [2.05, 4.69) is 40.3 Å². The van der Waals surface area contributed by atoms with E-state index in [0.717, 1.165) is 26.8 Å². The predicted molar refractivity (Wildman–Crippen MR) is 84.2 cm³/mol. The van der Waals surface area contributed by atoms with Crippen LogP contribution in [0.1, 0.15) is 28.3 Å². The average molecular weight is 354 g/mol. The van der Waals surface area contributed by atoms with Gasteiger partial charge in [-0.3, -0.25) is 0 Å². The molecular formula is C15H17NS2Se. The molecule has 19 heavy (non-hydrogen) atoms. The summed E-state index contributed by atoms with van der Waals surface area (Å²) in [6.07, 6.45) is 1.43. The van der Waals surface area contributed by atoms with Crippen LogP contribution >= 0.6 is 22.7 Å². The summed E-state index contributed by atoms with van der Waals surface area (Å²) in [6.45, 7) is 0. The van der Waals surface area contributed by atoms with Gasteiger partial charge < -0.3 is 0 Å². The van der Waals surface area contributed by atoms with Gasteiger partial charge in [0.25, 0.3) is 0 Å². The zero-order chi connectivity index (χ0) is 12.7. The molecule has 2 saturated heterocycles. The quantitative estimate of drug-likeness (QED) is 0.790. The van der Waals surface area contributed by atoms with E-state index in [1.54, 1.807) is 9.75 Å². The summed E-state index contributed by atoms with van der Waals surface area (Å²) in [4.78, 5) is 3.09. The topological polar surface area (TPSA) is 12.0 Å². The van der Waals surface area contributed by atoms with Crippen LogP contribution in [0.3, 0.4) is 0 Å². The number of rotatable bonds is 2.